The van der Waals surface area contributed by atoms with Crippen molar-refractivity contribution in [1.82, 2.24) is 10.2 Å². The summed E-state index contributed by atoms with van der Waals surface area (Å²) in [5, 5.41) is 2.85. The van der Waals surface area contributed by atoms with Crippen molar-refractivity contribution >= 4 is 34.4 Å². The smallest absolute Gasteiger partial charge is 0.253 e. The maximum absolute atomic E-state index is 12.3. The molecule has 0 aliphatic heterocycles. The lowest BCUT2D eigenvalue weighted by molar-refractivity contribution is -0.131. The molecule has 110 valence electrons. The van der Waals surface area contributed by atoms with E-state index in [0.29, 0.717) is 17.9 Å². The van der Waals surface area contributed by atoms with Gasteiger partial charge >= 0.3 is 0 Å². The molecule has 0 spiro atoms. The van der Waals surface area contributed by atoms with Gasteiger partial charge in [0, 0.05) is 17.7 Å². The molecule has 1 atom stereocenters. The number of nitrogens with one attached hydrogen (secondary N) is 1. The highest BCUT2D eigenvalue weighted by Gasteiger charge is 2.24. The molecular formula is C15H21IN2O2. The van der Waals surface area contributed by atoms with Crippen molar-refractivity contribution in [3.8, 4) is 0 Å². The van der Waals surface area contributed by atoms with Crippen LogP contribution in [0.3, 0.4) is 0 Å². The van der Waals surface area contributed by atoms with Gasteiger partial charge < -0.3 is 10.2 Å². The van der Waals surface area contributed by atoms with Crippen LogP contribution in [0.1, 0.15) is 30.6 Å². The number of nitrogens with zero attached hydrogens (tertiary/aromatic N) is 1. The van der Waals surface area contributed by atoms with Gasteiger partial charge in [0.1, 0.15) is 6.04 Å². The molecule has 1 rings (SSSR count). The van der Waals surface area contributed by atoms with E-state index in [2.05, 4.69) is 27.9 Å². The van der Waals surface area contributed by atoms with E-state index in [0.717, 1.165) is 3.57 Å². The van der Waals surface area contributed by atoms with Crippen LogP contribution in [0.4, 0.5) is 0 Å². The van der Waals surface area contributed by atoms with Gasteiger partial charge in [0.05, 0.1) is 5.56 Å². The first kappa shape index (κ1) is 16.9. The van der Waals surface area contributed by atoms with Crippen LogP contribution < -0.4 is 5.32 Å². The van der Waals surface area contributed by atoms with Crippen LogP contribution in [-0.2, 0) is 4.79 Å². The molecule has 0 fully saturated rings. The molecule has 1 unspecified atom stereocenters. The molecule has 4 nitrogen and oxygen atoms in total. The number of rotatable bonds is 5. The van der Waals surface area contributed by atoms with Crippen molar-refractivity contribution < 1.29 is 9.59 Å². The van der Waals surface area contributed by atoms with E-state index in [-0.39, 0.29) is 11.8 Å². The Morgan fingerprint density at radius 3 is 2.35 bits per heavy atom. The second kappa shape index (κ2) is 7.61. The molecule has 1 aromatic rings. The van der Waals surface area contributed by atoms with Gasteiger partial charge in [-0.3, -0.25) is 9.59 Å². The molecule has 1 N–H and O–H groups in total. The van der Waals surface area contributed by atoms with Crippen LogP contribution in [0.15, 0.2) is 24.3 Å². The second-order valence-corrected chi connectivity index (χ2v) is 6.53. The minimum absolute atomic E-state index is 0.0713. The predicted molar refractivity (Wildman–Crippen MR) is 88.6 cm³/mol. The normalized spacial score (nSPS) is 12.1. The lowest BCUT2D eigenvalue weighted by Crippen LogP contribution is -2.47. The molecule has 0 bridgehead atoms. The van der Waals surface area contributed by atoms with E-state index in [1.165, 1.54) is 4.90 Å². The number of carbonyl (C=O) groups excluding carboxylic acids is 2. The summed E-state index contributed by atoms with van der Waals surface area (Å²) in [5.41, 5.74) is 0.605. The predicted octanol–water partition coefficient (Wildman–Crippen LogP) is 2.52. The van der Waals surface area contributed by atoms with Crippen LogP contribution in [0.25, 0.3) is 0 Å². The fraction of sp³-hybridized carbons (Fsp3) is 0.467. The summed E-state index contributed by atoms with van der Waals surface area (Å²) in [7, 11) is 3.40. The highest BCUT2D eigenvalue weighted by molar-refractivity contribution is 14.1. The number of hydrogen-bond donors (Lipinski definition) is 1. The second-order valence-electron chi connectivity index (χ2n) is 5.37. The zero-order valence-electron chi connectivity index (χ0n) is 12.3. The molecule has 0 saturated carbocycles. The summed E-state index contributed by atoms with van der Waals surface area (Å²) in [6.07, 6.45) is 0.631. The fourth-order valence-corrected chi connectivity index (χ4v) is 2.52. The monoisotopic (exact) mass is 388 g/mol. The van der Waals surface area contributed by atoms with Crippen LogP contribution in [0.2, 0.25) is 0 Å². The van der Waals surface area contributed by atoms with E-state index in [1.807, 2.05) is 32.0 Å². The number of likely N-dealkylation sites (N-methyl/N-ethyl adjacent to an activating group) is 1. The molecule has 0 heterocycles. The van der Waals surface area contributed by atoms with Gasteiger partial charge in [-0.2, -0.15) is 0 Å². The Hall–Kier alpha value is -1.11. The van der Waals surface area contributed by atoms with Gasteiger partial charge in [-0.05, 0) is 47.1 Å². The number of hydrogen-bond acceptors (Lipinski definition) is 2. The summed E-state index contributed by atoms with van der Waals surface area (Å²) in [5.74, 6) is 0.0629. The van der Waals surface area contributed by atoms with Crippen molar-refractivity contribution in [2.45, 2.75) is 26.3 Å². The molecule has 0 aliphatic carbocycles. The van der Waals surface area contributed by atoms with E-state index in [4.69, 9.17) is 0 Å². The Kier molecular flexibility index (Phi) is 6.45. The molecule has 0 saturated heterocycles. The molecule has 2 amide bonds. The Bertz CT molecular complexity index is 487. The number of benzene rings is 1. The quantitative estimate of drug-likeness (QED) is 0.789. The van der Waals surface area contributed by atoms with Crippen LogP contribution in [0, 0.1) is 9.49 Å². The third-order valence-electron chi connectivity index (χ3n) is 2.87. The molecule has 5 heteroatoms. The third kappa shape index (κ3) is 4.77. The van der Waals surface area contributed by atoms with Crippen molar-refractivity contribution in [2.75, 3.05) is 14.1 Å². The van der Waals surface area contributed by atoms with E-state index >= 15 is 0 Å². The Labute approximate surface area is 134 Å². The van der Waals surface area contributed by atoms with Crippen LogP contribution in [0.5, 0.6) is 0 Å². The van der Waals surface area contributed by atoms with Crippen LogP contribution >= 0.6 is 22.6 Å². The van der Waals surface area contributed by atoms with Crippen LogP contribution in [-0.4, -0.2) is 36.9 Å². The zero-order chi connectivity index (χ0) is 15.3. The highest BCUT2D eigenvalue weighted by atomic mass is 127. The number of halogens is 1. The van der Waals surface area contributed by atoms with Gasteiger partial charge in [0.25, 0.3) is 5.91 Å². The lowest BCUT2D eigenvalue weighted by atomic mass is 10.0. The average Bonchev–Trinajstić information content (AvgIpc) is 2.36. The number of carbonyl (C=O) groups is 2. The number of amides is 2. The van der Waals surface area contributed by atoms with Crippen molar-refractivity contribution in [3.05, 3.63) is 33.4 Å². The summed E-state index contributed by atoms with van der Waals surface area (Å²) in [4.78, 5) is 26.0. The largest absolute Gasteiger partial charge is 0.347 e. The molecule has 0 radical (unpaired) electrons. The first-order valence-corrected chi connectivity index (χ1v) is 7.67. The molecule has 20 heavy (non-hydrogen) atoms. The van der Waals surface area contributed by atoms with Gasteiger partial charge in [-0.15, -0.1) is 0 Å². The minimum atomic E-state index is -0.478. The zero-order valence-corrected chi connectivity index (χ0v) is 14.5. The highest BCUT2D eigenvalue weighted by Crippen LogP contribution is 2.13. The summed E-state index contributed by atoms with van der Waals surface area (Å²) in [6, 6.07) is 6.87. The summed E-state index contributed by atoms with van der Waals surface area (Å²) >= 11 is 2.12. The maximum Gasteiger partial charge on any atom is 0.253 e. The summed E-state index contributed by atoms with van der Waals surface area (Å²) in [6.45, 7) is 4.07. The van der Waals surface area contributed by atoms with E-state index < -0.39 is 6.04 Å². The van der Waals surface area contributed by atoms with E-state index in [9.17, 15) is 9.59 Å². The Balaban J connectivity index is 2.87. The Morgan fingerprint density at radius 1 is 1.25 bits per heavy atom. The third-order valence-corrected chi connectivity index (χ3v) is 3.81. The summed E-state index contributed by atoms with van der Waals surface area (Å²) < 4.78 is 0.878. The molecular weight excluding hydrogens is 367 g/mol. The molecule has 0 aliphatic rings. The van der Waals surface area contributed by atoms with Gasteiger partial charge in [0.2, 0.25) is 5.91 Å². The van der Waals surface area contributed by atoms with Gasteiger partial charge in [-0.1, -0.05) is 26.0 Å². The first-order chi connectivity index (χ1) is 9.32. The fourth-order valence-electron chi connectivity index (χ4n) is 1.89. The Morgan fingerprint density at radius 2 is 1.85 bits per heavy atom. The van der Waals surface area contributed by atoms with Crippen molar-refractivity contribution in [2.24, 2.45) is 5.92 Å². The van der Waals surface area contributed by atoms with E-state index in [1.54, 1.807) is 20.2 Å². The van der Waals surface area contributed by atoms with Gasteiger partial charge in [0.15, 0.2) is 0 Å². The van der Waals surface area contributed by atoms with Crippen molar-refractivity contribution in [1.29, 1.82) is 0 Å². The topological polar surface area (TPSA) is 49.4 Å². The minimum Gasteiger partial charge on any atom is -0.347 e. The van der Waals surface area contributed by atoms with Crippen molar-refractivity contribution in [3.63, 3.8) is 0 Å². The SMILES string of the molecule is CC(C)CC(NC(=O)c1ccccc1I)C(=O)N(C)C. The standard InChI is InChI=1S/C15H21IN2O2/c1-10(2)9-13(15(20)18(3)4)17-14(19)11-7-5-6-8-12(11)16/h5-8,10,13H,9H2,1-4H3,(H,17,19). The molecule has 1 aromatic carbocycles. The average molecular weight is 388 g/mol. The first-order valence-electron chi connectivity index (χ1n) is 6.59. The maximum atomic E-state index is 12.3. The molecule has 0 aromatic heterocycles. The lowest BCUT2D eigenvalue weighted by Gasteiger charge is -2.23. The van der Waals surface area contributed by atoms with Gasteiger partial charge in [-0.25, -0.2) is 0 Å².